The summed E-state index contributed by atoms with van der Waals surface area (Å²) in [5, 5.41) is 9.37. The lowest BCUT2D eigenvalue weighted by Crippen LogP contribution is -2.29. The SMILES string of the molecule is CC(C)(C)OC[C@@H]1C[C@@H](C(C)(C)C)O[C@H]1CO. The molecule has 0 radical (unpaired) electrons. The maximum absolute atomic E-state index is 9.37. The average Bonchev–Trinajstić information content (AvgIpc) is 2.55. The Balaban J connectivity index is 2.54. The summed E-state index contributed by atoms with van der Waals surface area (Å²) in [6, 6.07) is 0. The minimum atomic E-state index is -0.125. The van der Waals surface area contributed by atoms with Crippen LogP contribution >= 0.6 is 0 Å². The van der Waals surface area contributed by atoms with E-state index in [-0.39, 0.29) is 29.8 Å². The van der Waals surface area contributed by atoms with Gasteiger partial charge in [-0.1, -0.05) is 20.8 Å². The third kappa shape index (κ3) is 4.57. The van der Waals surface area contributed by atoms with Gasteiger partial charge in [0.15, 0.2) is 0 Å². The molecule has 0 aromatic rings. The molecule has 0 aromatic carbocycles. The minimum absolute atomic E-state index is 0.0680. The van der Waals surface area contributed by atoms with Gasteiger partial charge in [-0.3, -0.25) is 0 Å². The smallest absolute Gasteiger partial charge is 0.0860 e. The van der Waals surface area contributed by atoms with Crippen LogP contribution < -0.4 is 0 Å². The highest BCUT2D eigenvalue weighted by molar-refractivity contribution is 4.88. The lowest BCUT2D eigenvalue weighted by molar-refractivity contribution is -0.0642. The number of aliphatic hydroxyl groups excluding tert-OH is 1. The van der Waals surface area contributed by atoms with Gasteiger partial charge in [0.1, 0.15) is 0 Å². The Labute approximate surface area is 105 Å². The van der Waals surface area contributed by atoms with Gasteiger partial charge >= 0.3 is 0 Å². The number of ether oxygens (including phenoxy) is 2. The highest BCUT2D eigenvalue weighted by Crippen LogP contribution is 2.37. The highest BCUT2D eigenvalue weighted by Gasteiger charge is 2.40. The Morgan fingerprint density at radius 1 is 1.18 bits per heavy atom. The molecule has 3 heteroatoms. The molecular formula is C14H28O3. The third-order valence-corrected chi connectivity index (χ3v) is 3.26. The Morgan fingerprint density at radius 2 is 1.76 bits per heavy atom. The fraction of sp³-hybridized carbons (Fsp3) is 1.00. The number of hydrogen-bond donors (Lipinski definition) is 1. The van der Waals surface area contributed by atoms with E-state index in [0.29, 0.717) is 12.5 Å². The van der Waals surface area contributed by atoms with E-state index in [1.807, 2.05) is 0 Å². The Kier molecular flexibility index (Phi) is 4.61. The molecule has 3 atom stereocenters. The standard InChI is InChI=1S/C14H28O3/c1-13(2,3)12-7-10(11(8-15)17-12)9-16-14(4,5)6/h10-12,15H,7-9H2,1-6H3/t10-,11-,12-/m0/s1. The second-order valence-corrected chi connectivity index (χ2v) is 7.13. The summed E-state index contributed by atoms with van der Waals surface area (Å²) in [4.78, 5) is 0. The van der Waals surface area contributed by atoms with E-state index >= 15 is 0 Å². The first-order chi connectivity index (χ1) is 7.63. The summed E-state index contributed by atoms with van der Waals surface area (Å²) in [7, 11) is 0. The molecule has 1 rings (SSSR count). The zero-order chi connectivity index (χ0) is 13.3. The third-order valence-electron chi connectivity index (χ3n) is 3.26. The van der Waals surface area contributed by atoms with E-state index in [4.69, 9.17) is 9.47 Å². The lowest BCUT2D eigenvalue weighted by Gasteiger charge is -2.26. The highest BCUT2D eigenvalue weighted by atomic mass is 16.5. The molecule has 3 nitrogen and oxygen atoms in total. The molecule has 1 aliphatic heterocycles. The molecule has 0 saturated carbocycles. The van der Waals surface area contributed by atoms with Crippen LogP contribution in [0.25, 0.3) is 0 Å². The Bertz CT molecular complexity index is 237. The van der Waals surface area contributed by atoms with Crippen LogP contribution in [0.15, 0.2) is 0 Å². The van der Waals surface area contributed by atoms with E-state index in [1.165, 1.54) is 0 Å². The predicted octanol–water partition coefficient (Wildman–Crippen LogP) is 2.61. The molecule has 1 saturated heterocycles. The normalized spacial score (nSPS) is 30.9. The van der Waals surface area contributed by atoms with Crippen LogP contribution in [0.2, 0.25) is 0 Å². The van der Waals surface area contributed by atoms with Gasteiger partial charge < -0.3 is 14.6 Å². The van der Waals surface area contributed by atoms with Gasteiger partial charge in [-0.25, -0.2) is 0 Å². The molecule has 1 heterocycles. The van der Waals surface area contributed by atoms with E-state index in [2.05, 4.69) is 41.5 Å². The second kappa shape index (κ2) is 5.25. The van der Waals surface area contributed by atoms with E-state index in [0.717, 1.165) is 6.42 Å². The number of hydrogen-bond acceptors (Lipinski definition) is 3. The quantitative estimate of drug-likeness (QED) is 0.829. The molecule has 0 amide bonds. The summed E-state index contributed by atoms with van der Waals surface area (Å²) in [5.41, 5.74) is 0.00370. The summed E-state index contributed by atoms with van der Waals surface area (Å²) in [5.74, 6) is 0.309. The van der Waals surface area contributed by atoms with Gasteiger partial charge in [0.25, 0.3) is 0 Å². The van der Waals surface area contributed by atoms with Crippen molar-refractivity contribution in [1.82, 2.24) is 0 Å². The molecular weight excluding hydrogens is 216 g/mol. The van der Waals surface area contributed by atoms with Crippen LogP contribution in [-0.4, -0.2) is 36.1 Å². The summed E-state index contributed by atoms with van der Waals surface area (Å²) in [6.07, 6.45) is 1.12. The molecule has 0 bridgehead atoms. The van der Waals surface area contributed by atoms with Crippen molar-refractivity contribution >= 4 is 0 Å². The first-order valence-electron chi connectivity index (χ1n) is 6.54. The van der Waals surface area contributed by atoms with Crippen molar-refractivity contribution in [3.05, 3.63) is 0 Å². The average molecular weight is 244 g/mol. The molecule has 17 heavy (non-hydrogen) atoms. The van der Waals surface area contributed by atoms with Crippen LogP contribution in [0, 0.1) is 11.3 Å². The van der Waals surface area contributed by atoms with Gasteiger partial charge in [-0.2, -0.15) is 0 Å². The first kappa shape index (κ1) is 14.9. The summed E-state index contributed by atoms with van der Waals surface area (Å²) < 4.78 is 11.7. The van der Waals surface area contributed by atoms with Gasteiger partial charge in [0.05, 0.1) is 31.0 Å². The maximum atomic E-state index is 9.37. The van der Waals surface area contributed by atoms with E-state index in [9.17, 15) is 5.11 Å². The maximum Gasteiger partial charge on any atom is 0.0860 e. The van der Waals surface area contributed by atoms with E-state index in [1.54, 1.807) is 0 Å². The van der Waals surface area contributed by atoms with Crippen LogP contribution in [0.3, 0.4) is 0 Å². The topological polar surface area (TPSA) is 38.7 Å². The molecule has 1 N–H and O–H groups in total. The van der Waals surface area contributed by atoms with Crippen LogP contribution in [0.4, 0.5) is 0 Å². The van der Waals surface area contributed by atoms with Crippen LogP contribution in [-0.2, 0) is 9.47 Å². The van der Waals surface area contributed by atoms with Crippen LogP contribution in [0.5, 0.6) is 0 Å². The van der Waals surface area contributed by atoms with Crippen molar-refractivity contribution in [3.63, 3.8) is 0 Å². The van der Waals surface area contributed by atoms with Crippen molar-refractivity contribution in [2.75, 3.05) is 13.2 Å². The fourth-order valence-corrected chi connectivity index (χ4v) is 2.09. The molecule has 0 aliphatic carbocycles. The van der Waals surface area contributed by atoms with Gasteiger partial charge in [0.2, 0.25) is 0 Å². The van der Waals surface area contributed by atoms with Gasteiger partial charge in [-0.15, -0.1) is 0 Å². The largest absolute Gasteiger partial charge is 0.394 e. The zero-order valence-corrected chi connectivity index (χ0v) is 12.1. The van der Waals surface area contributed by atoms with Gasteiger partial charge in [0, 0.05) is 5.92 Å². The lowest BCUT2D eigenvalue weighted by atomic mass is 9.85. The molecule has 0 unspecified atom stereocenters. The monoisotopic (exact) mass is 244 g/mol. The zero-order valence-electron chi connectivity index (χ0n) is 12.1. The number of rotatable bonds is 3. The van der Waals surface area contributed by atoms with Gasteiger partial charge in [-0.05, 0) is 32.6 Å². The first-order valence-corrected chi connectivity index (χ1v) is 6.54. The van der Waals surface area contributed by atoms with Crippen molar-refractivity contribution < 1.29 is 14.6 Å². The van der Waals surface area contributed by atoms with Crippen molar-refractivity contribution in [2.45, 2.75) is 65.8 Å². The fourth-order valence-electron chi connectivity index (χ4n) is 2.09. The Hall–Kier alpha value is -0.120. The van der Waals surface area contributed by atoms with Crippen molar-refractivity contribution in [3.8, 4) is 0 Å². The molecule has 1 fully saturated rings. The Morgan fingerprint density at radius 3 is 2.18 bits per heavy atom. The second-order valence-electron chi connectivity index (χ2n) is 7.13. The minimum Gasteiger partial charge on any atom is -0.394 e. The number of aliphatic hydroxyl groups is 1. The van der Waals surface area contributed by atoms with Crippen LogP contribution in [0.1, 0.15) is 48.0 Å². The summed E-state index contributed by atoms with van der Waals surface area (Å²) >= 11 is 0. The molecule has 102 valence electrons. The van der Waals surface area contributed by atoms with E-state index < -0.39 is 0 Å². The predicted molar refractivity (Wildman–Crippen MR) is 69.0 cm³/mol. The molecule has 0 spiro atoms. The van der Waals surface area contributed by atoms with Crippen molar-refractivity contribution in [2.24, 2.45) is 11.3 Å². The summed E-state index contributed by atoms with van der Waals surface area (Å²) in [6.45, 7) is 13.5. The molecule has 0 aromatic heterocycles. The van der Waals surface area contributed by atoms with Crippen molar-refractivity contribution in [1.29, 1.82) is 0 Å². The molecule has 1 aliphatic rings.